The molecule has 2 aliphatic heterocycles. The van der Waals surface area contributed by atoms with Crippen molar-refractivity contribution in [1.29, 1.82) is 0 Å². The number of nitrogen functional groups attached to an aromatic ring is 1. The van der Waals surface area contributed by atoms with Gasteiger partial charge < -0.3 is 25.4 Å². The Morgan fingerprint density at radius 2 is 1.94 bits per heavy atom. The highest BCUT2D eigenvalue weighted by molar-refractivity contribution is 5.96. The highest BCUT2D eigenvalue weighted by atomic mass is 16.5. The van der Waals surface area contributed by atoms with Gasteiger partial charge >= 0.3 is 12.0 Å². The SMILES string of the molecule is CCOC(=O)CNC(=O)N1CCc2c(-c3cnc(N)nc3)nc(N3CCOCC3)nc21. The maximum atomic E-state index is 12.8. The van der Waals surface area contributed by atoms with Crippen LogP contribution < -0.4 is 20.9 Å². The summed E-state index contributed by atoms with van der Waals surface area (Å²) in [6.07, 6.45) is 3.78. The fourth-order valence-electron chi connectivity index (χ4n) is 3.50. The highest BCUT2D eigenvalue weighted by Crippen LogP contribution is 2.35. The molecule has 1 fully saturated rings. The molecule has 31 heavy (non-hydrogen) atoms. The van der Waals surface area contributed by atoms with Gasteiger partial charge in [0.05, 0.1) is 25.5 Å². The number of nitrogens with zero attached hydrogens (tertiary/aromatic N) is 6. The quantitative estimate of drug-likeness (QED) is 0.623. The molecule has 1 saturated heterocycles. The number of carbonyl (C=O) groups is 2. The molecule has 2 aromatic heterocycles. The molecule has 0 aliphatic carbocycles. The molecule has 4 rings (SSSR count). The molecule has 4 heterocycles. The molecule has 2 aliphatic rings. The topological polar surface area (TPSA) is 149 Å². The van der Waals surface area contributed by atoms with Gasteiger partial charge in [0.25, 0.3) is 0 Å². The molecule has 164 valence electrons. The Morgan fingerprint density at radius 1 is 1.19 bits per heavy atom. The third kappa shape index (κ3) is 4.48. The number of hydrogen-bond acceptors (Lipinski definition) is 10. The lowest BCUT2D eigenvalue weighted by Gasteiger charge is -2.28. The summed E-state index contributed by atoms with van der Waals surface area (Å²) in [7, 11) is 0. The molecule has 0 aromatic carbocycles. The summed E-state index contributed by atoms with van der Waals surface area (Å²) in [6, 6.07) is -0.419. The Balaban J connectivity index is 1.67. The second kappa shape index (κ2) is 9.08. The number of anilines is 3. The lowest BCUT2D eigenvalue weighted by molar-refractivity contribution is -0.141. The summed E-state index contributed by atoms with van der Waals surface area (Å²) < 4.78 is 10.3. The molecular formula is C19H24N8O4. The van der Waals surface area contributed by atoms with Gasteiger partial charge in [0.1, 0.15) is 12.4 Å². The van der Waals surface area contributed by atoms with E-state index in [1.807, 2.05) is 4.90 Å². The first-order valence-corrected chi connectivity index (χ1v) is 10.1. The van der Waals surface area contributed by atoms with E-state index in [1.165, 1.54) is 4.90 Å². The number of morpholine rings is 1. The maximum Gasteiger partial charge on any atom is 0.325 e. The second-order valence-electron chi connectivity index (χ2n) is 6.97. The Hall–Kier alpha value is -3.54. The van der Waals surface area contributed by atoms with Crippen LogP contribution in [0.15, 0.2) is 12.4 Å². The number of amides is 2. The van der Waals surface area contributed by atoms with E-state index >= 15 is 0 Å². The maximum absolute atomic E-state index is 12.8. The number of fused-ring (bicyclic) bond motifs is 1. The summed E-state index contributed by atoms with van der Waals surface area (Å²) in [4.78, 5) is 45.5. The number of carbonyl (C=O) groups excluding carboxylic acids is 2. The van der Waals surface area contributed by atoms with Crippen LogP contribution in [0.2, 0.25) is 0 Å². The summed E-state index contributed by atoms with van der Waals surface area (Å²) in [5.74, 6) is 0.679. The molecule has 12 nitrogen and oxygen atoms in total. The molecule has 0 radical (unpaired) electrons. The minimum absolute atomic E-state index is 0.169. The van der Waals surface area contributed by atoms with Gasteiger partial charge in [-0.2, -0.15) is 4.98 Å². The van der Waals surface area contributed by atoms with Gasteiger partial charge in [0.15, 0.2) is 0 Å². The number of esters is 1. The van der Waals surface area contributed by atoms with Crippen LogP contribution in [0.25, 0.3) is 11.3 Å². The van der Waals surface area contributed by atoms with E-state index in [1.54, 1.807) is 19.3 Å². The second-order valence-corrected chi connectivity index (χ2v) is 6.97. The average Bonchev–Trinajstić information content (AvgIpc) is 3.22. The Labute approximate surface area is 178 Å². The average molecular weight is 428 g/mol. The highest BCUT2D eigenvalue weighted by Gasteiger charge is 2.32. The standard InChI is InChI=1S/C19H24N8O4/c1-2-31-14(28)11-23-19(29)27-4-3-13-15(12-9-21-17(20)22-10-12)24-18(25-16(13)27)26-5-7-30-8-6-26/h9-10H,2-8,11H2,1H3,(H,23,29)(H2,20,21,22). The summed E-state index contributed by atoms with van der Waals surface area (Å²) >= 11 is 0. The molecule has 3 N–H and O–H groups in total. The first kappa shape index (κ1) is 20.7. The predicted octanol–water partition coefficient (Wildman–Crippen LogP) is -0.0124. The minimum Gasteiger partial charge on any atom is -0.465 e. The van der Waals surface area contributed by atoms with Crippen molar-refractivity contribution in [1.82, 2.24) is 25.3 Å². The lowest BCUT2D eigenvalue weighted by Crippen LogP contribution is -2.42. The summed E-state index contributed by atoms with van der Waals surface area (Å²) in [5, 5.41) is 2.59. The van der Waals surface area contributed by atoms with Gasteiger partial charge in [0.2, 0.25) is 11.9 Å². The summed E-state index contributed by atoms with van der Waals surface area (Å²) in [5.41, 5.74) is 7.80. The Morgan fingerprint density at radius 3 is 2.65 bits per heavy atom. The smallest absolute Gasteiger partial charge is 0.325 e. The normalized spacial score (nSPS) is 15.5. The van der Waals surface area contributed by atoms with Gasteiger partial charge in [0, 0.05) is 43.2 Å². The number of nitrogens with two attached hydrogens (primary N) is 1. The molecule has 0 atom stereocenters. The van der Waals surface area contributed by atoms with Gasteiger partial charge in [-0.1, -0.05) is 0 Å². The van der Waals surface area contributed by atoms with Gasteiger partial charge in [-0.25, -0.2) is 19.7 Å². The molecule has 0 spiro atoms. The van der Waals surface area contributed by atoms with Crippen molar-refractivity contribution >= 4 is 29.7 Å². The zero-order chi connectivity index (χ0) is 21.8. The van der Waals surface area contributed by atoms with E-state index in [0.29, 0.717) is 62.3 Å². The molecule has 0 bridgehead atoms. The largest absolute Gasteiger partial charge is 0.465 e. The van der Waals surface area contributed by atoms with Crippen LogP contribution in [0.4, 0.5) is 22.5 Å². The van der Waals surface area contributed by atoms with E-state index < -0.39 is 12.0 Å². The molecule has 2 aromatic rings. The van der Waals surface area contributed by atoms with E-state index in [-0.39, 0.29) is 19.1 Å². The summed E-state index contributed by atoms with van der Waals surface area (Å²) in [6.45, 7) is 4.60. The zero-order valence-electron chi connectivity index (χ0n) is 17.2. The predicted molar refractivity (Wildman–Crippen MR) is 112 cm³/mol. The zero-order valence-corrected chi connectivity index (χ0v) is 17.2. The van der Waals surface area contributed by atoms with E-state index in [0.717, 1.165) is 5.56 Å². The lowest BCUT2D eigenvalue weighted by atomic mass is 10.1. The monoisotopic (exact) mass is 428 g/mol. The van der Waals surface area contributed by atoms with Gasteiger partial charge in [-0.05, 0) is 13.3 Å². The first-order chi connectivity index (χ1) is 15.1. The molecule has 0 saturated carbocycles. The van der Waals surface area contributed by atoms with Crippen molar-refractivity contribution in [3.63, 3.8) is 0 Å². The Bertz CT molecular complexity index is 962. The van der Waals surface area contributed by atoms with Crippen LogP contribution in [0.1, 0.15) is 12.5 Å². The van der Waals surface area contributed by atoms with Crippen LogP contribution in [-0.2, 0) is 20.7 Å². The number of ether oxygens (including phenoxy) is 2. The molecule has 0 unspecified atom stereocenters. The van der Waals surface area contributed by atoms with E-state index in [9.17, 15) is 9.59 Å². The fourth-order valence-corrected chi connectivity index (χ4v) is 3.50. The van der Waals surface area contributed by atoms with Gasteiger partial charge in [-0.15, -0.1) is 0 Å². The van der Waals surface area contributed by atoms with E-state index in [4.69, 9.17) is 20.2 Å². The number of rotatable bonds is 5. The van der Waals surface area contributed by atoms with Crippen molar-refractivity contribution in [3.05, 3.63) is 18.0 Å². The first-order valence-electron chi connectivity index (χ1n) is 10.1. The Kier molecular flexibility index (Phi) is 6.07. The molecular weight excluding hydrogens is 404 g/mol. The van der Waals surface area contributed by atoms with Crippen LogP contribution in [-0.4, -0.2) is 77.9 Å². The van der Waals surface area contributed by atoms with Crippen molar-refractivity contribution in [2.75, 3.05) is 61.5 Å². The molecule has 12 heteroatoms. The number of hydrogen-bond donors (Lipinski definition) is 2. The minimum atomic E-state index is -0.494. The van der Waals surface area contributed by atoms with Crippen LogP contribution in [0, 0.1) is 0 Å². The number of aromatic nitrogens is 4. The molecule has 2 amide bonds. The van der Waals surface area contributed by atoms with Crippen molar-refractivity contribution in [2.45, 2.75) is 13.3 Å². The van der Waals surface area contributed by atoms with Crippen molar-refractivity contribution in [2.24, 2.45) is 0 Å². The van der Waals surface area contributed by atoms with Crippen molar-refractivity contribution < 1.29 is 19.1 Å². The number of urea groups is 1. The van der Waals surface area contributed by atoms with Crippen LogP contribution >= 0.6 is 0 Å². The van der Waals surface area contributed by atoms with Crippen molar-refractivity contribution in [3.8, 4) is 11.3 Å². The third-order valence-corrected chi connectivity index (χ3v) is 4.99. The van der Waals surface area contributed by atoms with Crippen LogP contribution in [0.5, 0.6) is 0 Å². The van der Waals surface area contributed by atoms with Crippen LogP contribution in [0.3, 0.4) is 0 Å². The van der Waals surface area contributed by atoms with Gasteiger partial charge in [-0.3, -0.25) is 9.69 Å². The fraction of sp³-hybridized carbons (Fsp3) is 0.474. The third-order valence-electron chi connectivity index (χ3n) is 4.99. The number of nitrogens with one attached hydrogen (secondary N) is 1. The van der Waals surface area contributed by atoms with E-state index in [2.05, 4.69) is 20.3 Å².